The third kappa shape index (κ3) is 2.36. The molecule has 21 heavy (non-hydrogen) atoms. The summed E-state index contributed by atoms with van der Waals surface area (Å²) in [6.45, 7) is 0. The predicted octanol–water partition coefficient (Wildman–Crippen LogP) is 3.62. The number of benzene rings is 2. The molecule has 2 aromatic carbocycles. The van der Waals surface area contributed by atoms with Crippen LogP contribution in [0.5, 0.6) is 0 Å². The van der Waals surface area contributed by atoms with Gasteiger partial charge in [0.15, 0.2) is 11.5 Å². The molecule has 0 radical (unpaired) electrons. The molecule has 0 fully saturated rings. The number of halogens is 2. The number of hydrogen-bond donors (Lipinski definition) is 1. The minimum Gasteiger partial charge on any atom is -0.318 e. The molecule has 0 saturated heterocycles. The van der Waals surface area contributed by atoms with Gasteiger partial charge in [-0.3, -0.25) is 9.48 Å². The number of para-hydroxylation sites is 1. The standard InChI is InChI=1S/C15H11ClFN3O/c1-20-12-8-3-2-5-9(12)14(19-20)15(21)18-11-7-4-6-10(16)13(11)17/h2-8H,1H3,(H,18,21). The van der Waals surface area contributed by atoms with Crippen LogP contribution in [0.15, 0.2) is 42.5 Å². The van der Waals surface area contributed by atoms with E-state index in [1.807, 2.05) is 18.2 Å². The van der Waals surface area contributed by atoms with Gasteiger partial charge in [0, 0.05) is 12.4 Å². The summed E-state index contributed by atoms with van der Waals surface area (Å²) in [6, 6.07) is 11.8. The lowest BCUT2D eigenvalue weighted by atomic mass is 10.2. The molecule has 0 aliphatic carbocycles. The van der Waals surface area contributed by atoms with Crippen LogP contribution in [0.25, 0.3) is 10.9 Å². The van der Waals surface area contributed by atoms with Gasteiger partial charge in [-0.1, -0.05) is 35.9 Å². The van der Waals surface area contributed by atoms with E-state index in [4.69, 9.17) is 11.6 Å². The van der Waals surface area contributed by atoms with Crippen molar-refractivity contribution in [1.29, 1.82) is 0 Å². The van der Waals surface area contributed by atoms with Crippen LogP contribution in [0.1, 0.15) is 10.5 Å². The van der Waals surface area contributed by atoms with Crippen molar-refractivity contribution in [3.8, 4) is 0 Å². The van der Waals surface area contributed by atoms with Gasteiger partial charge in [-0.15, -0.1) is 0 Å². The van der Waals surface area contributed by atoms with Crippen LogP contribution in [0.2, 0.25) is 5.02 Å². The topological polar surface area (TPSA) is 46.9 Å². The third-order valence-electron chi connectivity index (χ3n) is 3.17. The van der Waals surface area contributed by atoms with E-state index in [9.17, 15) is 9.18 Å². The van der Waals surface area contributed by atoms with E-state index in [-0.39, 0.29) is 16.4 Å². The monoisotopic (exact) mass is 303 g/mol. The van der Waals surface area contributed by atoms with E-state index in [0.29, 0.717) is 5.39 Å². The van der Waals surface area contributed by atoms with E-state index < -0.39 is 11.7 Å². The maximum Gasteiger partial charge on any atom is 0.276 e. The van der Waals surface area contributed by atoms with Crippen molar-refractivity contribution in [1.82, 2.24) is 9.78 Å². The van der Waals surface area contributed by atoms with Crippen molar-refractivity contribution in [3.05, 3.63) is 59.0 Å². The summed E-state index contributed by atoms with van der Waals surface area (Å²) in [5, 5.41) is 7.35. The van der Waals surface area contributed by atoms with Crippen LogP contribution >= 0.6 is 11.6 Å². The number of nitrogens with zero attached hydrogens (tertiary/aromatic N) is 2. The normalized spacial score (nSPS) is 10.8. The zero-order valence-electron chi connectivity index (χ0n) is 11.1. The number of carbonyl (C=O) groups is 1. The molecule has 4 nitrogen and oxygen atoms in total. The highest BCUT2D eigenvalue weighted by Gasteiger charge is 2.17. The number of rotatable bonds is 2. The van der Waals surface area contributed by atoms with E-state index in [1.165, 1.54) is 12.1 Å². The summed E-state index contributed by atoms with van der Waals surface area (Å²) >= 11 is 5.70. The molecule has 1 N–H and O–H groups in total. The average Bonchev–Trinajstić information content (AvgIpc) is 2.82. The van der Waals surface area contributed by atoms with Crippen LogP contribution in [0, 0.1) is 5.82 Å². The quantitative estimate of drug-likeness (QED) is 0.786. The molecule has 3 rings (SSSR count). The first-order valence-electron chi connectivity index (χ1n) is 6.25. The Hall–Kier alpha value is -2.40. The van der Waals surface area contributed by atoms with Gasteiger partial charge in [-0.25, -0.2) is 4.39 Å². The van der Waals surface area contributed by atoms with Crippen LogP contribution < -0.4 is 5.32 Å². The highest BCUT2D eigenvalue weighted by molar-refractivity contribution is 6.31. The first-order valence-corrected chi connectivity index (χ1v) is 6.63. The molecule has 0 bridgehead atoms. The van der Waals surface area contributed by atoms with Crippen molar-refractivity contribution in [3.63, 3.8) is 0 Å². The van der Waals surface area contributed by atoms with Gasteiger partial charge in [0.2, 0.25) is 0 Å². The van der Waals surface area contributed by atoms with Crippen molar-refractivity contribution >= 4 is 34.1 Å². The summed E-state index contributed by atoms with van der Waals surface area (Å²) in [4.78, 5) is 12.3. The van der Waals surface area contributed by atoms with E-state index in [2.05, 4.69) is 10.4 Å². The highest BCUT2D eigenvalue weighted by atomic mass is 35.5. The molecule has 1 amide bonds. The second kappa shape index (κ2) is 5.18. The molecule has 0 atom stereocenters. The largest absolute Gasteiger partial charge is 0.318 e. The highest BCUT2D eigenvalue weighted by Crippen LogP contribution is 2.24. The molecular weight excluding hydrogens is 293 g/mol. The van der Waals surface area contributed by atoms with E-state index >= 15 is 0 Å². The van der Waals surface area contributed by atoms with Crippen molar-refractivity contribution in [2.45, 2.75) is 0 Å². The number of carbonyl (C=O) groups excluding carboxylic acids is 1. The summed E-state index contributed by atoms with van der Waals surface area (Å²) in [6.07, 6.45) is 0. The summed E-state index contributed by atoms with van der Waals surface area (Å²) in [5.41, 5.74) is 1.10. The second-order valence-electron chi connectivity index (χ2n) is 4.54. The third-order valence-corrected chi connectivity index (χ3v) is 3.46. The van der Waals surface area contributed by atoms with Gasteiger partial charge in [0.05, 0.1) is 16.2 Å². The van der Waals surface area contributed by atoms with Crippen LogP contribution in [0.4, 0.5) is 10.1 Å². The van der Waals surface area contributed by atoms with Crippen molar-refractivity contribution in [2.75, 3.05) is 5.32 Å². The molecule has 0 saturated carbocycles. The first kappa shape index (κ1) is 13.6. The van der Waals surface area contributed by atoms with E-state index in [1.54, 1.807) is 23.9 Å². The summed E-state index contributed by atoms with van der Waals surface area (Å²) in [7, 11) is 1.75. The first-order chi connectivity index (χ1) is 10.1. The van der Waals surface area contributed by atoms with Gasteiger partial charge in [-0.05, 0) is 18.2 Å². The van der Waals surface area contributed by atoms with Crippen molar-refractivity contribution in [2.24, 2.45) is 7.05 Å². The molecule has 1 heterocycles. The van der Waals surface area contributed by atoms with Gasteiger partial charge >= 0.3 is 0 Å². The Morgan fingerprint density at radius 2 is 2.00 bits per heavy atom. The lowest BCUT2D eigenvalue weighted by Crippen LogP contribution is -2.14. The molecular formula is C15H11ClFN3O. The number of aromatic nitrogens is 2. The summed E-state index contributed by atoms with van der Waals surface area (Å²) < 4.78 is 15.4. The zero-order valence-corrected chi connectivity index (χ0v) is 11.9. The zero-order chi connectivity index (χ0) is 15.0. The maximum absolute atomic E-state index is 13.8. The average molecular weight is 304 g/mol. The second-order valence-corrected chi connectivity index (χ2v) is 4.95. The fourth-order valence-corrected chi connectivity index (χ4v) is 2.34. The molecule has 0 spiro atoms. The fourth-order valence-electron chi connectivity index (χ4n) is 2.16. The maximum atomic E-state index is 13.8. The SMILES string of the molecule is Cn1nc(C(=O)Nc2cccc(Cl)c2F)c2ccccc21. The predicted molar refractivity (Wildman–Crippen MR) is 80.1 cm³/mol. The fraction of sp³-hybridized carbons (Fsp3) is 0.0667. The lowest BCUT2D eigenvalue weighted by molar-refractivity contribution is 0.102. The number of fused-ring (bicyclic) bond motifs is 1. The van der Waals surface area contributed by atoms with Gasteiger partial charge in [0.25, 0.3) is 5.91 Å². The molecule has 3 aromatic rings. The van der Waals surface area contributed by atoms with Gasteiger partial charge < -0.3 is 5.32 Å². The van der Waals surface area contributed by atoms with Crippen LogP contribution in [-0.4, -0.2) is 15.7 Å². The summed E-state index contributed by atoms with van der Waals surface area (Å²) in [5.74, 6) is -1.14. The minimum absolute atomic E-state index is 0.0298. The van der Waals surface area contributed by atoms with Gasteiger partial charge in [-0.2, -0.15) is 5.10 Å². The smallest absolute Gasteiger partial charge is 0.276 e. The van der Waals surface area contributed by atoms with E-state index in [0.717, 1.165) is 5.52 Å². The van der Waals surface area contributed by atoms with Crippen molar-refractivity contribution < 1.29 is 9.18 Å². The Morgan fingerprint density at radius 3 is 2.81 bits per heavy atom. The molecule has 6 heteroatoms. The lowest BCUT2D eigenvalue weighted by Gasteiger charge is -2.05. The molecule has 0 unspecified atom stereocenters. The molecule has 0 aliphatic rings. The molecule has 106 valence electrons. The Labute approximate surface area is 125 Å². The number of anilines is 1. The number of nitrogens with one attached hydrogen (secondary N) is 1. The minimum atomic E-state index is -0.659. The number of aryl methyl sites for hydroxylation is 1. The Kier molecular flexibility index (Phi) is 3.35. The van der Waals surface area contributed by atoms with Crippen LogP contribution in [0.3, 0.4) is 0 Å². The Balaban J connectivity index is 2.00. The molecule has 0 aliphatic heterocycles. The van der Waals surface area contributed by atoms with Crippen LogP contribution in [-0.2, 0) is 7.05 Å². The van der Waals surface area contributed by atoms with Gasteiger partial charge in [0.1, 0.15) is 0 Å². The number of amides is 1. The Morgan fingerprint density at radius 1 is 1.24 bits per heavy atom. The molecule has 1 aromatic heterocycles. The number of hydrogen-bond acceptors (Lipinski definition) is 2. The Bertz CT molecular complexity index is 844.